The first-order chi connectivity index (χ1) is 9.48. The Balaban J connectivity index is 2.41. The summed E-state index contributed by atoms with van der Waals surface area (Å²) in [5.41, 5.74) is 0.982. The maximum Gasteiger partial charge on any atom is 0.163 e. The predicted molar refractivity (Wildman–Crippen MR) is 85.0 cm³/mol. The van der Waals surface area contributed by atoms with Gasteiger partial charge in [0.1, 0.15) is 11.6 Å². The summed E-state index contributed by atoms with van der Waals surface area (Å²) in [4.78, 5) is 9.17. The van der Waals surface area contributed by atoms with Crippen molar-refractivity contribution in [1.82, 2.24) is 9.97 Å². The maximum atomic E-state index is 4.61. The second-order valence-corrected chi connectivity index (χ2v) is 5.73. The number of aromatic nitrogens is 2. The molecule has 0 saturated carbocycles. The fourth-order valence-corrected chi connectivity index (χ4v) is 1.88. The molecule has 1 aromatic heterocycles. The van der Waals surface area contributed by atoms with Gasteiger partial charge < -0.3 is 10.6 Å². The molecule has 4 nitrogen and oxygen atoms in total. The van der Waals surface area contributed by atoms with Crippen molar-refractivity contribution in [2.45, 2.75) is 33.2 Å². The Bertz CT molecular complexity index is 558. The molecule has 1 aromatic carbocycles. The van der Waals surface area contributed by atoms with Gasteiger partial charge in [-0.2, -0.15) is 0 Å². The third-order valence-corrected chi connectivity index (χ3v) is 2.62. The van der Waals surface area contributed by atoms with E-state index in [2.05, 4.69) is 48.3 Å². The summed E-state index contributed by atoms with van der Waals surface area (Å²) in [5, 5.41) is 6.65. The van der Waals surface area contributed by atoms with E-state index in [1.165, 1.54) is 0 Å². The average Bonchev–Trinajstić information content (AvgIpc) is 2.38. The summed E-state index contributed by atoms with van der Waals surface area (Å²) in [6.07, 6.45) is 0. The smallest absolute Gasteiger partial charge is 0.163 e. The van der Waals surface area contributed by atoms with Crippen LogP contribution in [0.15, 0.2) is 36.4 Å². The molecule has 4 heteroatoms. The number of hydrogen-bond donors (Lipinski definition) is 2. The first kappa shape index (κ1) is 14.3. The van der Waals surface area contributed by atoms with Crippen molar-refractivity contribution in [3.8, 4) is 11.4 Å². The van der Waals surface area contributed by atoms with Gasteiger partial charge in [-0.1, -0.05) is 30.3 Å². The summed E-state index contributed by atoms with van der Waals surface area (Å²) in [7, 11) is 0. The second kappa shape index (κ2) is 5.90. The minimum absolute atomic E-state index is 0.0359. The third-order valence-electron chi connectivity index (χ3n) is 2.62. The maximum absolute atomic E-state index is 4.61. The van der Waals surface area contributed by atoms with E-state index < -0.39 is 0 Å². The van der Waals surface area contributed by atoms with Crippen LogP contribution in [0.3, 0.4) is 0 Å². The summed E-state index contributed by atoms with van der Waals surface area (Å²) >= 11 is 0. The quantitative estimate of drug-likeness (QED) is 0.887. The Morgan fingerprint density at radius 2 is 1.65 bits per heavy atom. The van der Waals surface area contributed by atoms with Crippen molar-refractivity contribution in [3.63, 3.8) is 0 Å². The standard InChI is InChI=1S/C16H22N4/c1-5-17-13-11-14(20-16(2,3)4)19-15(18-13)12-9-7-6-8-10-12/h6-11H,5H2,1-4H3,(H2,17,18,19,20). The molecule has 2 rings (SSSR count). The van der Waals surface area contributed by atoms with Crippen molar-refractivity contribution < 1.29 is 0 Å². The van der Waals surface area contributed by atoms with Crippen molar-refractivity contribution in [3.05, 3.63) is 36.4 Å². The van der Waals surface area contributed by atoms with Crippen LogP contribution in [0.2, 0.25) is 0 Å². The highest BCUT2D eigenvalue weighted by molar-refractivity contribution is 5.61. The number of anilines is 2. The minimum atomic E-state index is -0.0359. The van der Waals surface area contributed by atoms with Crippen LogP contribution in [0.4, 0.5) is 11.6 Å². The van der Waals surface area contributed by atoms with Gasteiger partial charge in [-0.15, -0.1) is 0 Å². The lowest BCUT2D eigenvalue weighted by atomic mass is 10.1. The van der Waals surface area contributed by atoms with Crippen LogP contribution < -0.4 is 10.6 Å². The lowest BCUT2D eigenvalue weighted by Gasteiger charge is -2.22. The van der Waals surface area contributed by atoms with E-state index in [1.807, 2.05) is 36.4 Å². The monoisotopic (exact) mass is 270 g/mol. The van der Waals surface area contributed by atoms with E-state index in [0.717, 1.165) is 29.6 Å². The van der Waals surface area contributed by atoms with Crippen LogP contribution in [-0.2, 0) is 0 Å². The molecule has 20 heavy (non-hydrogen) atoms. The van der Waals surface area contributed by atoms with Gasteiger partial charge in [0.05, 0.1) is 0 Å². The first-order valence-electron chi connectivity index (χ1n) is 6.94. The van der Waals surface area contributed by atoms with Crippen LogP contribution in [0.1, 0.15) is 27.7 Å². The zero-order valence-corrected chi connectivity index (χ0v) is 12.6. The van der Waals surface area contributed by atoms with Gasteiger partial charge in [0.25, 0.3) is 0 Å². The Kier molecular flexibility index (Phi) is 4.23. The van der Waals surface area contributed by atoms with Crippen molar-refractivity contribution >= 4 is 11.6 Å². The highest BCUT2D eigenvalue weighted by atomic mass is 15.1. The largest absolute Gasteiger partial charge is 0.370 e. The lowest BCUT2D eigenvalue weighted by Crippen LogP contribution is -2.27. The van der Waals surface area contributed by atoms with Gasteiger partial charge in [0, 0.05) is 23.7 Å². The molecule has 0 saturated heterocycles. The normalized spacial score (nSPS) is 11.2. The van der Waals surface area contributed by atoms with E-state index in [4.69, 9.17) is 0 Å². The molecule has 2 aromatic rings. The van der Waals surface area contributed by atoms with Crippen molar-refractivity contribution in [2.75, 3.05) is 17.2 Å². The van der Waals surface area contributed by atoms with Crippen LogP contribution in [-0.4, -0.2) is 22.1 Å². The first-order valence-corrected chi connectivity index (χ1v) is 6.94. The highest BCUT2D eigenvalue weighted by Gasteiger charge is 2.13. The van der Waals surface area contributed by atoms with E-state index in [9.17, 15) is 0 Å². The number of hydrogen-bond acceptors (Lipinski definition) is 4. The molecule has 106 valence electrons. The molecule has 0 atom stereocenters. The molecule has 0 unspecified atom stereocenters. The Labute approximate surface area is 120 Å². The van der Waals surface area contributed by atoms with Gasteiger partial charge in [-0.3, -0.25) is 0 Å². The van der Waals surface area contributed by atoms with Crippen LogP contribution in [0.5, 0.6) is 0 Å². The summed E-state index contributed by atoms with van der Waals surface area (Å²) < 4.78 is 0. The van der Waals surface area contributed by atoms with Gasteiger partial charge in [-0.25, -0.2) is 9.97 Å². The molecule has 0 bridgehead atoms. The van der Waals surface area contributed by atoms with Crippen molar-refractivity contribution in [1.29, 1.82) is 0 Å². The minimum Gasteiger partial charge on any atom is -0.370 e. The number of benzene rings is 1. The fraction of sp³-hybridized carbons (Fsp3) is 0.375. The number of nitrogens with zero attached hydrogens (tertiary/aromatic N) is 2. The average molecular weight is 270 g/mol. The zero-order valence-electron chi connectivity index (χ0n) is 12.6. The fourth-order valence-electron chi connectivity index (χ4n) is 1.88. The Morgan fingerprint density at radius 3 is 2.25 bits per heavy atom. The molecule has 1 heterocycles. The molecule has 0 aliphatic rings. The van der Waals surface area contributed by atoms with Crippen molar-refractivity contribution in [2.24, 2.45) is 0 Å². The predicted octanol–water partition coefficient (Wildman–Crippen LogP) is 3.79. The van der Waals surface area contributed by atoms with Crippen LogP contribution in [0.25, 0.3) is 11.4 Å². The molecule has 0 aliphatic heterocycles. The molecular weight excluding hydrogens is 248 g/mol. The van der Waals surface area contributed by atoms with Gasteiger partial charge >= 0.3 is 0 Å². The summed E-state index contributed by atoms with van der Waals surface area (Å²) in [5.74, 6) is 2.41. The van der Waals surface area contributed by atoms with E-state index >= 15 is 0 Å². The molecule has 2 N–H and O–H groups in total. The Morgan fingerprint density at radius 1 is 1.00 bits per heavy atom. The summed E-state index contributed by atoms with van der Waals surface area (Å²) in [6, 6.07) is 12.0. The van der Waals surface area contributed by atoms with E-state index in [1.54, 1.807) is 0 Å². The highest BCUT2D eigenvalue weighted by Crippen LogP contribution is 2.21. The SMILES string of the molecule is CCNc1cc(NC(C)(C)C)nc(-c2ccccc2)n1. The zero-order chi connectivity index (χ0) is 14.6. The lowest BCUT2D eigenvalue weighted by molar-refractivity contribution is 0.630. The molecular formula is C16H22N4. The van der Waals surface area contributed by atoms with Gasteiger partial charge in [0.2, 0.25) is 0 Å². The second-order valence-electron chi connectivity index (χ2n) is 5.73. The molecule has 0 amide bonds. The van der Waals surface area contributed by atoms with Gasteiger partial charge in [0.15, 0.2) is 5.82 Å². The van der Waals surface area contributed by atoms with E-state index in [-0.39, 0.29) is 5.54 Å². The van der Waals surface area contributed by atoms with Gasteiger partial charge in [-0.05, 0) is 27.7 Å². The van der Waals surface area contributed by atoms with E-state index in [0.29, 0.717) is 0 Å². The molecule has 0 fully saturated rings. The summed E-state index contributed by atoms with van der Waals surface area (Å²) in [6.45, 7) is 9.24. The van der Waals surface area contributed by atoms with Crippen LogP contribution in [0, 0.1) is 0 Å². The number of rotatable bonds is 4. The molecule has 0 spiro atoms. The topological polar surface area (TPSA) is 49.8 Å². The third kappa shape index (κ3) is 3.95. The molecule has 0 radical (unpaired) electrons. The number of nitrogens with one attached hydrogen (secondary N) is 2. The molecule has 0 aliphatic carbocycles. The Hall–Kier alpha value is -2.10. The van der Waals surface area contributed by atoms with Crippen LogP contribution >= 0.6 is 0 Å².